The van der Waals surface area contributed by atoms with Crippen molar-refractivity contribution in [2.75, 3.05) is 144 Å². The van der Waals surface area contributed by atoms with Crippen LogP contribution in [-0.4, -0.2) is 188 Å². The number of terminal acetylenes is 1. The van der Waals surface area contributed by atoms with Gasteiger partial charge in [0.25, 0.3) is 0 Å². The Labute approximate surface area is 637 Å². The standard InChI is InChI=1S/C8H11N.C7H8.C7H16.C6H15N.C6H14O.C6H14.C6H10.C5H11NO.C5H10O.C4H10O2.2C4H8.C3H7NO.C3H9N.C3H8O2.C3H6O2.C3H6O.C2H7N/c1-7-2-4-8(6-9)5-3-7;1-7-5-3-2-4-6-7;1-3-5-7-6-4-2;1-4-7(5-2)6-3;1-3-5-7-6-4-2;2*1-3-5-6-4-2;1-4-5(7)6(2)3;1-3-4-5-6-2;1-5-3-4-6-2;2*1-3-4-2;1-2-3(4)5;1-4(2)3;1-4-3-5-2;1-2-3(4)5;1-3(2)4;1-3-2/h2-5H,6,9H2,1H3;2-6H,1H3;3-7H2,1-2H3;4-6H2,1-3H3;3-6H2,1-2H3;3-6H2,1-2H3;1H,4-6H2,2H3;4H2,1-3H3;3-4H,5H2,1-2H3;3-4H2,1-2H3;2*3-4H,1-2H3;2H2,1H3,(H2,4,5);1-3H3;3H2,1-2H3;2H2,1H3,(H,4,5);1-2H3;3H,1-2H3/b;;;;;;;;4-3+;;2*4-3+;;;;;;. The highest BCUT2D eigenvalue weighted by atomic mass is 16.6. The Morgan fingerprint density at radius 2 is 0.833 bits per heavy atom. The van der Waals surface area contributed by atoms with E-state index in [9.17, 15) is 19.2 Å². The molecule has 0 unspecified atom stereocenters. The normalized spacial score (nSPS) is 8.78. The van der Waals surface area contributed by atoms with E-state index in [1.165, 1.54) is 121 Å². The summed E-state index contributed by atoms with van der Waals surface area (Å²) in [7, 11) is 21.4. The molecule has 0 fully saturated rings. The summed E-state index contributed by atoms with van der Waals surface area (Å²) in [5.74, 6) is 1.93. The Kier molecular flexibility index (Phi) is 206. The molecule has 0 saturated carbocycles. The summed E-state index contributed by atoms with van der Waals surface area (Å²) in [5.41, 5.74) is 13.9. The van der Waals surface area contributed by atoms with Gasteiger partial charge in [0.05, 0.1) is 19.8 Å². The Morgan fingerprint density at radius 3 is 0.971 bits per heavy atom. The Morgan fingerprint density at radius 1 is 0.510 bits per heavy atom. The molecule has 2 aromatic rings. The van der Waals surface area contributed by atoms with E-state index < -0.39 is 5.97 Å². The fourth-order valence-corrected chi connectivity index (χ4v) is 4.57. The second kappa shape index (κ2) is 154. The first-order chi connectivity index (χ1) is 48.4. The number of ether oxygens (including phenoxy) is 6. The van der Waals surface area contributed by atoms with E-state index in [1.54, 1.807) is 68.4 Å². The predicted molar refractivity (Wildman–Crippen MR) is 455 cm³/mol. The number of allylic oxidation sites excluding steroid dienone is 5. The molecule has 2 amide bonds. The number of hydrogen-bond donors (Lipinski definition) is 4. The molecule has 102 heavy (non-hydrogen) atoms. The van der Waals surface area contributed by atoms with Crippen LogP contribution < -0.4 is 16.8 Å². The van der Waals surface area contributed by atoms with E-state index in [2.05, 4.69) is 160 Å². The largest absolute Gasteiger partial charge is 0.481 e. The fourth-order valence-electron chi connectivity index (χ4n) is 4.57. The molecule has 0 bridgehead atoms. The molecule has 0 aliphatic carbocycles. The SMILES string of the molecule is C#CCCCC.C/C=C/C.C/C=C/C.C/C=C/COC.CC(C)=O.CCC(=O)N(C)C.CCC(=O)O.CCC(N)=O.CCCCCC.CCCCCCC.CCCOCCC.CCN(CC)CC.CN(C)C.CNC.COCCOC.COCOC.Cc1ccc(CN)cc1.Cc1ccccc1. The van der Waals surface area contributed by atoms with E-state index in [1.807, 2.05) is 136 Å². The number of ketones is 1. The van der Waals surface area contributed by atoms with Gasteiger partial charge in [0.2, 0.25) is 11.8 Å². The third kappa shape index (κ3) is 278. The number of carboxylic acids is 1. The summed E-state index contributed by atoms with van der Waals surface area (Å²) in [6, 6.07) is 18.5. The average molecular weight is 1460 g/mol. The number of nitrogens with two attached hydrogens (primary N) is 2. The van der Waals surface area contributed by atoms with Crippen molar-refractivity contribution in [1.82, 2.24) is 20.0 Å². The lowest BCUT2D eigenvalue weighted by Crippen LogP contribution is -2.21. The van der Waals surface area contributed by atoms with Crippen molar-refractivity contribution in [3.05, 3.63) is 108 Å². The molecule has 0 heterocycles. The summed E-state index contributed by atoms with van der Waals surface area (Å²) in [5, 5.41) is 10.5. The highest BCUT2D eigenvalue weighted by Gasteiger charge is 1.95. The molecule has 0 aromatic heterocycles. The number of Topliss-reactive ketones (excluding diaryl/α,β-unsaturated/α-hetero) is 1. The number of nitrogens with one attached hydrogen (secondary N) is 1. The Balaban J connectivity index is -0.0000000551. The number of carbonyl (C=O) groups excluding carboxylic acids is 3. The molecule has 614 valence electrons. The molecule has 0 radical (unpaired) electrons. The zero-order chi connectivity index (χ0) is 83.1. The minimum absolute atomic E-state index is 0.167. The van der Waals surface area contributed by atoms with Crippen LogP contribution in [0, 0.1) is 26.2 Å². The summed E-state index contributed by atoms with van der Waals surface area (Å²) in [6.07, 6.45) is 36.3. The number of carboxylic acid groups (broad SMARTS) is 1. The number of aliphatic carboxylic acids is 1. The number of benzene rings is 2. The average Bonchev–Trinajstić information content (AvgIpc) is 0.959. The molecular formula is C85H178N6O11. The van der Waals surface area contributed by atoms with Gasteiger partial charge in [-0.15, -0.1) is 12.3 Å². The number of methoxy groups -OCH3 is 5. The lowest BCUT2D eigenvalue weighted by atomic mass is 10.2. The van der Waals surface area contributed by atoms with Crippen LogP contribution in [0.2, 0.25) is 0 Å². The van der Waals surface area contributed by atoms with Gasteiger partial charge in [-0.2, -0.15) is 0 Å². The van der Waals surface area contributed by atoms with Gasteiger partial charge >= 0.3 is 5.97 Å². The zero-order valence-electron chi connectivity index (χ0n) is 73.9. The summed E-state index contributed by atoms with van der Waals surface area (Å²) in [4.78, 5) is 44.8. The van der Waals surface area contributed by atoms with Gasteiger partial charge in [-0.3, -0.25) is 14.4 Å². The van der Waals surface area contributed by atoms with Gasteiger partial charge in [0.15, 0.2) is 0 Å². The van der Waals surface area contributed by atoms with Gasteiger partial charge in [0.1, 0.15) is 12.6 Å². The molecule has 0 spiro atoms. The number of carbonyl (C=O) groups is 4. The third-order valence-corrected chi connectivity index (χ3v) is 10.5. The summed E-state index contributed by atoms with van der Waals surface area (Å²) >= 11 is 0. The number of aryl methyl sites for hydroxylation is 2. The van der Waals surface area contributed by atoms with Crippen molar-refractivity contribution < 1.29 is 52.7 Å². The molecule has 0 aliphatic rings. The molecular weight excluding hydrogens is 1280 g/mol. The maximum Gasteiger partial charge on any atom is 0.303 e. The number of rotatable bonds is 27. The first-order valence-corrected chi connectivity index (χ1v) is 37.5. The molecule has 2 rings (SSSR count). The van der Waals surface area contributed by atoms with E-state index >= 15 is 0 Å². The minimum Gasteiger partial charge on any atom is -0.481 e. The molecule has 17 heteroatoms. The fraction of sp³-hybridized carbons (Fsp3) is 0.718. The van der Waals surface area contributed by atoms with Gasteiger partial charge < -0.3 is 69.8 Å². The van der Waals surface area contributed by atoms with Crippen molar-refractivity contribution in [3.8, 4) is 12.3 Å². The zero-order valence-corrected chi connectivity index (χ0v) is 73.9. The number of nitrogens with zero attached hydrogens (tertiary/aromatic N) is 3. The highest BCUT2D eigenvalue weighted by Crippen LogP contribution is 2.01. The van der Waals surface area contributed by atoms with Crippen LogP contribution in [0.3, 0.4) is 0 Å². The van der Waals surface area contributed by atoms with Crippen molar-refractivity contribution in [3.63, 3.8) is 0 Å². The van der Waals surface area contributed by atoms with Crippen LogP contribution in [0.5, 0.6) is 0 Å². The molecule has 0 saturated heterocycles. The number of hydrogen-bond acceptors (Lipinski definition) is 14. The quantitative estimate of drug-likeness (QED) is 0.0283. The summed E-state index contributed by atoms with van der Waals surface area (Å²) < 4.78 is 28.1. The van der Waals surface area contributed by atoms with E-state index in [4.69, 9.17) is 26.7 Å². The van der Waals surface area contributed by atoms with Crippen molar-refractivity contribution in [1.29, 1.82) is 0 Å². The van der Waals surface area contributed by atoms with E-state index in [-0.39, 0.29) is 24.0 Å². The van der Waals surface area contributed by atoms with Crippen LogP contribution in [0.1, 0.15) is 264 Å². The number of primary amides is 1. The monoisotopic (exact) mass is 1460 g/mol. The van der Waals surface area contributed by atoms with Gasteiger partial charge in [0, 0.05) is 95.1 Å². The highest BCUT2D eigenvalue weighted by molar-refractivity contribution is 5.75. The molecule has 0 aliphatic heterocycles. The molecule has 6 N–H and O–H groups in total. The lowest BCUT2D eigenvalue weighted by Gasteiger charge is -2.13. The Bertz CT molecular complexity index is 1690. The second-order valence-corrected chi connectivity index (χ2v) is 22.1. The maximum absolute atomic E-state index is 10.4. The molecule has 17 nitrogen and oxygen atoms in total. The minimum atomic E-state index is -0.745. The Hall–Kier alpha value is -5.10. The van der Waals surface area contributed by atoms with Gasteiger partial charge in [-0.25, -0.2) is 0 Å². The first-order valence-electron chi connectivity index (χ1n) is 37.5. The van der Waals surface area contributed by atoms with Crippen LogP contribution in [0.25, 0.3) is 0 Å². The second-order valence-electron chi connectivity index (χ2n) is 22.1. The van der Waals surface area contributed by atoms with Gasteiger partial charge in [-0.05, 0) is 142 Å². The molecule has 2 aromatic carbocycles. The molecule has 0 atom stereocenters. The number of amides is 2. The third-order valence-electron chi connectivity index (χ3n) is 10.5. The van der Waals surface area contributed by atoms with Gasteiger partial charge in [-0.1, -0.05) is 256 Å². The lowest BCUT2D eigenvalue weighted by molar-refractivity contribution is -0.136. The summed E-state index contributed by atoms with van der Waals surface area (Å²) in [6.45, 7) is 52.8. The van der Waals surface area contributed by atoms with E-state index in [0.29, 0.717) is 39.4 Å². The van der Waals surface area contributed by atoms with E-state index in [0.717, 1.165) is 39.1 Å². The van der Waals surface area contributed by atoms with Crippen LogP contribution >= 0.6 is 0 Å². The van der Waals surface area contributed by atoms with Crippen LogP contribution in [0.15, 0.2) is 91.1 Å². The predicted octanol–water partition coefficient (Wildman–Crippen LogP) is 20.3. The van der Waals surface area contributed by atoms with Crippen LogP contribution in [-0.2, 0) is 54.1 Å². The van der Waals surface area contributed by atoms with Crippen LogP contribution in [0.4, 0.5) is 0 Å². The first kappa shape index (κ1) is 136. The van der Waals surface area contributed by atoms with Crippen molar-refractivity contribution >= 4 is 23.6 Å². The number of unbranched alkanes of at least 4 members (excludes halogenated alkanes) is 9. The topological polar surface area (TPSA) is 218 Å². The van der Waals surface area contributed by atoms with Crippen molar-refractivity contribution in [2.24, 2.45) is 11.5 Å². The van der Waals surface area contributed by atoms with Crippen molar-refractivity contribution in [2.45, 2.75) is 268 Å². The smallest absolute Gasteiger partial charge is 0.303 e. The maximum atomic E-state index is 10.4.